The van der Waals surface area contributed by atoms with Crippen LogP contribution in [-0.4, -0.2) is 5.78 Å². The van der Waals surface area contributed by atoms with E-state index < -0.39 is 11.2 Å². The van der Waals surface area contributed by atoms with E-state index >= 15 is 0 Å². The summed E-state index contributed by atoms with van der Waals surface area (Å²) in [5, 5.41) is 9.11. The first kappa shape index (κ1) is 11.1. The van der Waals surface area contributed by atoms with Crippen molar-refractivity contribution in [2.45, 2.75) is 19.8 Å². The van der Waals surface area contributed by atoms with Crippen molar-refractivity contribution in [1.29, 1.82) is 5.26 Å². The summed E-state index contributed by atoms with van der Waals surface area (Å²) in [6.07, 6.45) is 1.07. The number of hydrogen-bond acceptors (Lipinski definition) is 2. The van der Waals surface area contributed by atoms with Crippen molar-refractivity contribution in [3.05, 3.63) is 34.1 Å². The molecule has 0 saturated heterocycles. The Balaban J connectivity index is 2.46. The predicted molar refractivity (Wildman–Crippen MR) is 57.8 cm³/mol. The van der Waals surface area contributed by atoms with Gasteiger partial charge in [0.1, 0.15) is 11.2 Å². The Morgan fingerprint density at radius 2 is 2.19 bits per heavy atom. The predicted octanol–water partition coefficient (Wildman–Crippen LogP) is 3.27. The van der Waals surface area contributed by atoms with E-state index in [0.717, 1.165) is 6.07 Å². The summed E-state index contributed by atoms with van der Waals surface area (Å²) in [7, 11) is 0. The fourth-order valence-corrected chi connectivity index (χ4v) is 1.90. The lowest BCUT2D eigenvalue weighted by molar-refractivity contribution is 0.0934. The van der Waals surface area contributed by atoms with Crippen molar-refractivity contribution in [2.24, 2.45) is 5.41 Å². The minimum atomic E-state index is -0.953. The molecule has 1 aromatic carbocycles. The molecule has 0 N–H and O–H groups in total. The second-order valence-corrected chi connectivity index (χ2v) is 4.51. The number of hydrogen-bond donors (Lipinski definition) is 0. The highest BCUT2D eigenvalue weighted by Gasteiger charge is 2.51. The van der Waals surface area contributed by atoms with Gasteiger partial charge >= 0.3 is 0 Å². The Morgan fingerprint density at radius 3 is 2.69 bits per heavy atom. The maximum absolute atomic E-state index is 13.3. The van der Waals surface area contributed by atoms with Crippen molar-refractivity contribution in [3.8, 4) is 6.07 Å². The van der Waals surface area contributed by atoms with Crippen LogP contribution >= 0.6 is 11.6 Å². The lowest BCUT2D eigenvalue weighted by Gasteiger charge is -2.08. The van der Waals surface area contributed by atoms with Crippen molar-refractivity contribution in [2.75, 3.05) is 0 Å². The minimum absolute atomic E-state index is 0.115. The molecule has 1 aliphatic carbocycles. The van der Waals surface area contributed by atoms with Crippen LogP contribution in [-0.2, 0) is 0 Å². The maximum Gasteiger partial charge on any atom is 0.184 e. The molecular weight excluding hydrogens is 229 g/mol. The second-order valence-electron chi connectivity index (χ2n) is 4.10. The standard InChI is InChI=1S/C12H9ClFNO/c1-7-4-9(13)8(5-10(7)14)11(16)12(6-15)2-3-12/h4-5H,2-3H2,1H3. The van der Waals surface area contributed by atoms with Gasteiger partial charge in [-0.2, -0.15) is 5.26 Å². The van der Waals surface area contributed by atoms with Gasteiger partial charge in [0.15, 0.2) is 5.78 Å². The molecule has 2 rings (SSSR count). The van der Waals surface area contributed by atoms with Gasteiger partial charge in [-0.05, 0) is 37.5 Å². The van der Waals surface area contributed by atoms with E-state index in [0.29, 0.717) is 18.4 Å². The van der Waals surface area contributed by atoms with Gasteiger partial charge in [0.25, 0.3) is 0 Å². The van der Waals surface area contributed by atoms with E-state index in [-0.39, 0.29) is 16.4 Å². The lowest BCUT2D eigenvalue weighted by atomic mass is 9.95. The van der Waals surface area contributed by atoms with Crippen LogP contribution in [0.15, 0.2) is 12.1 Å². The third-order valence-corrected chi connectivity index (χ3v) is 3.20. The average Bonchev–Trinajstić information content (AvgIpc) is 3.03. The number of halogens is 2. The van der Waals surface area contributed by atoms with Crippen LogP contribution in [0.4, 0.5) is 4.39 Å². The molecule has 0 spiro atoms. The molecule has 0 heterocycles. The SMILES string of the molecule is Cc1cc(Cl)c(C(=O)C2(C#N)CC2)cc1F. The molecule has 1 aliphatic rings. The molecule has 0 aliphatic heterocycles. The monoisotopic (exact) mass is 237 g/mol. The zero-order chi connectivity index (χ0) is 11.9. The van der Waals surface area contributed by atoms with Crippen LogP contribution in [0.25, 0.3) is 0 Å². The highest BCUT2D eigenvalue weighted by Crippen LogP contribution is 2.48. The van der Waals surface area contributed by atoms with Gasteiger partial charge in [0.05, 0.1) is 11.1 Å². The Hall–Kier alpha value is -1.40. The Morgan fingerprint density at radius 1 is 1.56 bits per heavy atom. The van der Waals surface area contributed by atoms with E-state index in [1.54, 1.807) is 6.92 Å². The van der Waals surface area contributed by atoms with Crippen LogP contribution in [0.1, 0.15) is 28.8 Å². The van der Waals surface area contributed by atoms with Crippen LogP contribution < -0.4 is 0 Å². The molecule has 0 unspecified atom stereocenters. The average molecular weight is 238 g/mol. The van der Waals surface area contributed by atoms with Crippen molar-refractivity contribution in [1.82, 2.24) is 0 Å². The third-order valence-electron chi connectivity index (χ3n) is 2.89. The molecule has 0 amide bonds. The van der Waals surface area contributed by atoms with Crippen molar-refractivity contribution in [3.63, 3.8) is 0 Å². The quantitative estimate of drug-likeness (QED) is 0.741. The molecular formula is C12H9ClFNO. The Kier molecular flexibility index (Phi) is 2.47. The summed E-state index contributed by atoms with van der Waals surface area (Å²) < 4.78 is 13.3. The topological polar surface area (TPSA) is 40.9 Å². The number of nitrogens with zero attached hydrogens (tertiary/aromatic N) is 1. The van der Waals surface area contributed by atoms with Gasteiger partial charge in [-0.1, -0.05) is 11.6 Å². The molecule has 0 atom stereocenters. The van der Waals surface area contributed by atoms with E-state index in [9.17, 15) is 9.18 Å². The summed E-state index contributed by atoms with van der Waals surface area (Å²) in [6.45, 7) is 1.58. The van der Waals surface area contributed by atoms with Crippen LogP contribution in [0, 0.1) is 29.5 Å². The highest BCUT2D eigenvalue weighted by molar-refractivity contribution is 6.34. The molecule has 1 fully saturated rings. The first-order chi connectivity index (χ1) is 7.50. The zero-order valence-electron chi connectivity index (χ0n) is 8.68. The molecule has 82 valence electrons. The van der Waals surface area contributed by atoms with Crippen molar-refractivity contribution >= 4 is 17.4 Å². The number of carbonyl (C=O) groups is 1. The van der Waals surface area contributed by atoms with Crippen LogP contribution in [0.5, 0.6) is 0 Å². The number of carbonyl (C=O) groups excluding carboxylic acids is 1. The highest BCUT2D eigenvalue weighted by atomic mass is 35.5. The van der Waals surface area contributed by atoms with Crippen LogP contribution in [0.3, 0.4) is 0 Å². The molecule has 1 aromatic rings. The van der Waals surface area contributed by atoms with Gasteiger partial charge in [-0.25, -0.2) is 4.39 Å². The fourth-order valence-electron chi connectivity index (χ4n) is 1.59. The molecule has 0 aromatic heterocycles. The number of benzene rings is 1. The number of Topliss-reactive ketones (excluding diaryl/α,β-unsaturated/α-hetero) is 1. The molecule has 0 radical (unpaired) electrons. The van der Waals surface area contributed by atoms with Crippen LogP contribution in [0.2, 0.25) is 5.02 Å². The summed E-state index contributed by atoms with van der Waals surface area (Å²) in [4.78, 5) is 12.0. The van der Waals surface area contributed by atoms with Crippen molar-refractivity contribution < 1.29 is 9.18 Å². The third kappa shape index (κ3) is 1.60. The number of nitriles is 1. The molecule has 4 heteroatoms. The van der Waals surface area contributed by atoms with E-state index in [4.69, 9.17) is 16.9 Å². The number of ketones is 1. The van der Waals surface area contributed by atoms with E-state index in [2.05, 4.69) is 0 Å². The van der Waals surface area contributed by atoms with E-state index in [1.807, 2.05) is 6.07 Å². The summed E-state index contributed by atoms with van der Waals surface area (Å²) >= 11 is 5.89. The molecule has 0 bridgehead atoms. The second kappa shape index (κ2) is 3.57. The Labute approximate surface area is 97.6 Å². The normalized spacial score (nSPS) is 16.6. The zero-order valence-corrected chi connectivity index (χ0v) is 9.44. The van der Waals surface area contributed by atoms with E-state index in [1.165, 1.54) is 6.07 Å². The lowest BCUT2D eigenvalue weighted by Crippen LogP contribution is -2.14. The summed E-state index contributed by atoms with van der Waals surface area (Å²) in [5.41, 5.74) is -0.446. The van der Waals surface area contributed by atoms with Gasteiger partial charge in [0.2, 0.25) is 0 Å². The number of rotatable bonds is 2. The molecule has 2 nitrogen and oxygen atoms in total. The molecule has 1 saturated carbocycles. The van der Waals surface area contributed by atoms with Gasteiger partial charge < -0.3 is 0 Å². The maximum atomic E-state index is 13.3. The first-order valence-electron chi connectivity index (χ1n) is 4.92. The minimum Gasteiger partial charge on any atom is -0.292 e. The number of aryl methyl sites for hydroxylation is 1. The van der Waals surface area contributed by atoms with Gasteiger partial charge in [-0.15, -0.1) is 0 Å². The summed E-state index contributed by atoms with van der Waals surface area (Å²) in [6, 6.07) is 4.52. The smallest absolute Gasteiger partial charge is 0.184 e. The largest absolute Gasteiger partial charge is 0.292 e. The summed E-state index contributed by atoms with van der Waals surface area (Å²) in [5.74, 6) is -0.833. The molecule has 16 heavy (non-hydrogen) atoms. The Bertz CT molecular complexity index is 514. The first-order valence-corrected chi connectivity index (χ1v) is 5.30. The van der Waals surface area contributed by atoms with Gasteiger partial charge in [0, 0.05) is 5.56 Å². The van der Waals surface area contributed by atoms with Gasteiger partial charge in [-0.3, -0.25) is 4.79 Å². The fraction of sp³-hybridized carbons (Fsp3) is 0.333.